The van der Waals surface area contributed by atoms with Crippen LogP contribution in [0.2, 0.25) is 0 Å². The standard InChI is InChI=1S/C14H20N2O3S/c1-14(2,3)19-12(18)6-8-16-11(17)9-20-13(16)10-5-4-7-15-10/h4-5,7,13,15H,6,8-9H2,1-3H3. The molecule has 1 aliphatic heterocycles. The third-order valence-electron chi connectivity index (χ3n) is 2.83. The van der Waals surface area contributed by atoms with E-state index >= 15 is 0 Å². The van der Waals surface area contributed by atoms with E-state index < -0.39 is 5.60 Å². The second-order valence-electron chi connectivity index (χ2n) is 5.71. The molecule has 0 bridgehead atoms. The summed E-state index contributed by atoms with van der Waals surface area (Å²) in [7, 11) is 0. The van der Waals surface area contributed by atoms with Crippen molar-refractivity contribution in [2.45, 2.75) is 38.2 Å². The Morgan fingerprint density at radius 2 is 2.30 bits per heavy atom. The maximum absolute atomic E-state index is 11.9. The average molecular weight is 296 g/mol. The van der Waals surface area contributed by atoms with Crippen molar-refractivity contribution in [3.63, 3.8) is 0 Å². The number of ether oxygens (including phenoxy) is 1. The lowest BCUT2D eigenvalue weighted by molar-refractivity contribution is -0.155. The number of amides is 1. The molecule has 1 atom stereocenters. The van der Waals surface area contributed by atoms with Gasteiger partial charge in [-0.1, -0.05) is 0 Å². The Morgan fingerprint density at radius 1 is 1.55 bits per heavy atom. The second-order valence-corrected chi connectivity index (χ2v) is 6.78. The molecule has 1 fully saturated rings. The number of aromatic amines is 1. The highest BCUT2D eigenvalue weighted by atomic mass is 32.2. The molecule has 110 valence electrons. The molecule has 20 heavy (non-hydrogen) atoms. The lowest BCUT2D eigenvalue weighted by atomic mass is 10.2. The Balaban J connectivity index is 1.93. The lowest BCUT2D eigenvalue weighted by Gasteiger charge is -2.24. The van der Waals surface area contributed by atoms with E-state index in [1.807, 2.05) is 39.1 Å². The van der Waals surface area contributed by atoms with Gasteiger partial charge in [-0.15, -0.1) is 11.8 Å². The molecule has 0 spiro atoms. The van der Waals surface area contributed by atoms with Gasteiger partial charge in [0.1, 0.15) is 11.0 Å². The summed E-state index contributed by atoms with van der Waals surface area (Å²) in [6, 6.07) is 3.86. The maximum atomic E-state index is 11.9. The summed E-state index contributed by atoms with van der Waals surface area (Å²) < 4.78 is 5.27. The van der Waals surface area contributed by atoms with Gasteiger partial charge in [0.05, 0.1) is 12.2 Å². The van der Waals surface area contributed by atoms with Crippen LogP contribution in [0.4, 0.5) is 0 Å². The van der Waals surface area contributed by atoms with Crippen molar-refractivity contribution in [1.82, 2.24) is 9.88 Å². The van der Waals surface area contributed by atoms with Crippen LogP contribution in [0, 0.1) is 0 Å². The maximum Gasteiger partial charge on any atom is 0.308 e. The van der Waals surface area contributed by atoms with Crippen LogP contribution >= 0.6 is 11.8 Å². The second kappa shape index (κ2) is 5.91. The van der Waals surface area contributed by atoms with Crippen molar-refractivity contribution in [2.75, 3.05) is 12.3 Å². The van der Waals surface area contributed by atoms with Crippen LogP contribution in [0.3, 0.4) is 0 Å². The topological polar surface area (TPSA) is 62.4 Å². The van der Waals surface area contributed by atoms with Crippen LogP contribution in [-0.2, 0) is 14.3 Å². The smallest absolute Gasteiger partial charge is 0.308 e. The first-order chi connectivity index (χ1) is 9.37. The van der Waals surface area contributed by atoms with Crippen molar-refractivity contribution in [2.24, 2.45) is 0 Å². The van der Waals surface area contributed by atoms with Crippen molar-refractivity contribution in [3.8, 4) is 0 Å². The number of thioether (sulfide) groups is 1. The number of H-pyrrole nitrogens is 1. The summed E-state index contributed by atoms with van der Waals surface area (Å²) in [6.07, 6.45) is 2.06. The van der Waals surface area contributed by atoms with Gasteiger partial charge in [-0.25, -0.2) is 0 Å². The Kier molecular flexibility index (Phi) is 4.42. The van der Waals surface area contributed by atoms with Gasteiger partial charge in [-0.2, -0.15) is 0 Å². The molecule has 0 radical (unpaired) electrons. The van der Waals surface area contributed by atoms with Crippen LogP contribution in [0.25, 0.3) is 0 Å². The molecule has 2 rings (SSSR count). The molecular formula is C14H20N2O3S. The van der Waals surface area contributed by atoms with Crippen molar-refractivity contribution < 1.29 is 14.3 Å². The van der Waals surface area contributed by atoms with Crippen molar-refractivity contribution >= 4 is 23.6 Å². The summed E-state index contributed by atoms with van der Waals surface area (Å²) in [4.78, 5) is 28.5. The first-order valence-corrected chi connectivity index (χ1v) is 7.68. The number of esters is 1. The highest BCUT2D eigenvalue weighted by molar-refractivity contribution is 8.00. The molecule has 1 aromatic rings. The molecule has 0 aromatic carbocycles. The summed E-state index contributed by atoms with van der Waals surface area (Å²) in [5.74, 6) is 0.253. The fourth-order valence-corrected chi connectivity index (χ4v) is 3.25. The molecule has 1 aliphatic rings. The lowest BCUT2D eigenvalue weighted by Crippen LogP contribution is -2.32. The van der Waals surface area contributed by atoms with E-state index in [-0.39, 0.29) is 23.7 Å². The Hall–Kier alpha value is -1.43. The van der Waals surface area contributed by atoms with Gasteiger partial charge in [-0.05, 0) is 32.9 Å². The van der Waals surface area contributed by atoms with Gasteiger partial charge in [0, 0.05) is 18.4 Å². The van der Waals surface area contributed by atoms with E-state index in [1.165, 1.54) is 0 Å². The van der Waals surface area contributed by atoms with Gasteiger partial charge in [0.25, 0.3) is 0 Å². The van der Waals surface area contributed by atoms with Gasteiger partial charge >= 0.3 is 5.97 Å². The average Bonchev–Trinajstić information content (AvgIpc) is 2.93. The minimum absolute atomic E-state index is 0.0278. The van der Waals surface area contributed by atoms with Crippen LogP contribution in [0.5, 0.6) is 0 Å². The Labute approximate surface area is 123 Å². The zero-order valence-corrected chi connectivity index (χ0v) is 12.8. The summed E-state index contributed by atoms with van der Waals surface area (Å²) >= 11 is 1.57. The first kappa shape index (κ1) is 15.0. The van der Waals surface area contributed by atoms with E-state index in [4.69, 9.17) is 4.74 Å². The van der Waals surface area contributed by atoms with E-state index in [0.29, 0.717) is 12.3 Å². The minimum atomic E-state index is -0.486. The predicted octanol–water partition coefficient (Wildman–Crippen LogP) is 2.32. The number of nitrogens with zero attached hydrogens (tertiary/aromatic N) is 1. The molecular weight excluding hydrogens is 276 g/mol. The fourth-order valence-electron chi connectivity index (χ4n) is 2.06. The normalized spacial score (nSPS) is 19.4. The number of carbonyl (C=O) groups is 2. The summed E-state index contributed by atoms with van der Waals surface area (Å²) in [5, 5.41) is -0.0278. The first-order valence-electron chi connectivity index (χ1n) is 6.63. The highest BCUT2D eigenvalue weighted by Crippen LogP contribution is 2.37. The number of hydrogen-bond acceptors (Lipinski definition) is 4. The molecule has 1 unspecified atom stereocenters. The number of hydrogen-bond donors (Lipinski definition) is 1. The number of carbonyl (C=O) groups excluding carboxylic acids is 2. The minimum Gasteiger partial charge on any atom is -0.460 e. The molecule has 1 aromatic heterocycles. The Morgan fingerprint density at radius 3 is 2.90 bits per heavy atom. The van der Waals surface area contributed by atoms with Crippen molar-refractivity contribution in [1.29, 1.82) is 0 Å². The molecule has 6 heteroatoms. The number of rotatable bonds is 4. The molecule has 1 saturated heterocycles. The van der Waals surface area contributed by atoms with Crippen LogP contribution < -0.4 is 0 Å². The zero-order chi connectivity index (χ0) is 14.8. The fraction of sp³-hybridized carbons (Fsp3) is 0.571. The van der Waals surface area contributed by atoms with Crippen LogP contribution in [0.1, 0.15) is 38.3 Å². The quantitative estimate of drug-likeness (QED) is 0.866. The number of nitrogens with one attached hydrogen (secondary N) is 1. The van der Waals surface area contributed by atoms with Crippen LogP contribution in [0.15, 0.2) is 18.3 Å². The molecule has 1 N–H and O–H groups in total. The Bertz CT molecular complexity index is 479. The zero-order valence-electron chi connectivity index (χ0n) is 12.0. The van der Waals surface area contributed by atoms with E-state index in [9.17, 15) is 9.59 Å². The third kappa shape index (κ3) is 3.79. The van der Waals surface area contributed by atoms with Gasteiger partial charge in [0.2, 0.25) is 5.91 Å². The SMILES string of the molecule is CC(C)(C)OC(=O)CCN1C(=O)CSC1c1ccc[nH]1. The van der Waals surface area contributed by atoms with E-state index in [0.717, 1.165) is 5.69 Å². The highest BCUT2D eigenvalue weighted by Gasteiger charge is 2.33. The van der Waals surface area contributed by atoms with E-state index in [1.54, 1.807) is 16.7 Å². The largest absolute Gasteiger partial charge is 0.460 e. The van der Waals surface area contributed by atoms with Crippen LogP contribution in [-0.4, -0.2) is 39.7 Å². The molecule has 2 heterocycles. The number of aromatic nitrogens is 1. The summed E-state index contributed by atoms with van der Waals surface area (Å²) in [6.45, 7) is 5.90. The molecule has 5 nitrogen and oxygen atoms in total. The van der Waals surface area contributed by atoms with Crippen molar-refractivity contribution in [3.05, 3.63) is 24.0 Å². The molecule has 0 aliphatic carbocycles. The van der Waals surface area contributed by atoms with E-state index in [2.05, 4.69) is 4.98 Å². The van der Waals surface area contributed by atoms with Gasteiger partial charge in [0.15, 0.2) is 0 Å². The molecule has 1 amide bonds. The monoisotopic (exact) mass is 296 g/mol. The predicted molar refractivity (Wildman–Crippen MR) is 78.2 cm³/mol. The molecule has 0 saturated carbocycles. The summed E-state index contributed by atoms with van der Waals surface area (Å²) in [5.41, 5.74) is 0.504. The third-order valence-corrected chi connectivity index (χ3v) is 4.07. The van der Waals surface area contributed by atoms with Gasteiger partial charge in [-0.3, -0.25) is 9.59 Å². The van der Waals surface area contributed by atoms with Gasteiger partial charge < -0.3 is 14.6 Å².